The molecule has 0 saturated heterocycles. The molecule has 3 rings (SSSR count). The van der Waals surface area contributed by atoms with E-state index in [1.54, 1.807) is 0 Å². The number of hydrogen-bond donors (Lipinski definition) is 0. The summed E-state index contributed by atoms with van der Waals surface area (Å²) in [6.07, 6.45) is 0. The smallest absolute Gasteiger partial charge is 0.265 e. The van der Waals surface area contributed by atoms with Crippen LogP contribution in [-0.2, 0) is 4.79 Å². The van der Waals surface area contributed by atoms with Crippen LogP contribution in [0.25, 0.3) is 5.57 Å². The summed E-state index contributed by atoms with van der Waals surface area (Å²) < 4.78 is 0. The summed E-state index contributed by atoms with van der Waals surface area (Å²) in [5.41, 5.74) is 5.77. The molecule has 1 aliphatic rings. The average molecular weight is 292 g/mol. The lowest BCUT2D eigenvalue weighted by molar-refractivity contribution is -0.112. The molecule has 3 nitrogen and oxygen atoms in total. The summed E-state index contributed by atoms with van der Waals surface area (Å²) >= 11 is 0. The van der Waals surface area contributed by atoms with Crippen molar-refractivity contribution in [3.63, 3.8) is 0 Å². The number of aryl methyl sites for hydroxylation is 1. The van der Waals surface area contributed by atoms with Crippen molar-refractivity contribution in [1.29, 1.82) is 0 Å². The van der Waals surface area contributed by atoms with E-state index >= 15 is 0 Å². The van der Waals surface area contributed by atoms with Gasteiger partial charge in [-0.25, -0.2) is 0 Å². The maximum Gasteiger partial charge on any atom is 0.265 e. The third-order valence-electron chi connectivity index (χ3n) is 4.12. The van der Waals surface area contributed by atoms with Gasteiger partial charge < -0.3 is 4.90 Å². The summed E-state index contributed by atoms with van der Waals surface area (Å²) in [6.45, 7) is 4.03. The second kappa shape index (κ2) is 5.34. The summed E-state index contributed by atoms with van der Waals surface area (Å²) in [5.74, 6) is 0.0398. The second-order valence-corrected chi connectivity index (χ2v) is 5.85. The average Bonchev–Trinajstić information content (AvgIpc) is 2.78. The molecule has 0 spiro atoms. The van der Waals surface area contributed by atoms with Gasteiger partial charge in [-0.2, -0.15) is 0 Å². The van der Waals surface area contributed by atoms with E-state index in [0.29, 0.717) is 0 Å². The van der Waals surface area contributed by atoms with Gasteiger partial charge in [0.2, 0.25) is 0 Å². The van der Waals surface area contributed by atoms with E-state index in [1.807, 2.05) is 86.3 Å². The van der Waals surface area contributed by atoms with Crippen LogP contribution in [0.3, 0.4) is 0 Å². The fourth-order valence-electron chi connectivity index (χ4n) is 2.81. The molecule has 1 aliphatic heterocycles. The van der Waals surface area contributed by atoms with Crippen LogP contribution in [0.2, 0.25) is 0 Å². The molecule has 1 heterocycles. The molecule has 0 radical (unpaired) electrons. The molecule has 0 saturated carbocycles. The van der Waals surface area contributed by atoms with E-state index in [9.17, 15) is 4.79 Å². The first-order valence-corrected chi connectivity index (χ1v) is 7.39. The van der Waals surface area contributed by atoms with E-state index in [1.165, 1.54) is 0 Å². The monoisotopic (exact) mass is 292 g/mol. The Balaban J connectivity index is 2.23. The zero-order valence-electron chi connectivity index (χ0n) is 13.4. The fraction of sp³-hybridized carbons (Fsp3) is 0.211. The van der Waals surface area contributed by atoms with E-state index in [0.717, 1.165) is 33.8 Å². The zero-order chi connectivity index (χ0) is 15.9. The Morgan fingerprint density at radius 1 is 1.05 bits per heavy atom. The first-order chi connectivity index (χ1) is 10.5. The van der Waals surface area contributed by atoms with Crippen molar-refractivity contribution in [3.05, 3.63) is 65.4 Å². The lowest BCUT2D eigenvalue weighted by atomic mass is 10.1. The highest BCUT2D eigenvalue weighted by atomic mass is 16.2. The Bertz CT molecular complexity index is 775. The van der Waals surface area contributed by atoms with Gasteiger partial charge in [-0.3, -0.25) is 9.69 Å². The van der Waals surface area contributed by atoms with Crippen LogP contribution in [0.15, 0.2) is 54.2 Å². The highest BCUT2D eigenvalue weighted by Gasteiger charge is 2.34. The number of fused-ring (bicyclic) bond motifs is 1. The van der Waals surface area contributed by atoms with Crippen LogP contribution in [0, 0.1) is 6.92 Å². The molecule has 2 aromatic carbocycles. The van der Waals surface area contributed by atoms with Gasteiger partial charge in [0, 0.05) is 31.0 Å². The number of anilines is 2. The first-order valence-electron chi connectivity index (χ1n) is 7.39. The van der Waals surface area contributed by atoms with Gasteiger partial charge in [0.15, 0.2) is 0 Å². The molecular weight excluding hydrogens is 272 g/mol. The molecule has 112 valence electrons. The van der Waals surface area contributed by atoms with Crippen molar-refractivity contribution in [1.82, 2.24) is 4.90 Å². The predicted molar refractivity (Wildman–Crippen MR) is 91.0 cm³/mol. The first kappa shape index (κ1) is 14.4. The summed E-state index contributed by atoms with van der Waals surface area (Å²) in [4.78, 5) is 16.9. The number of hydrogen-bond acceptors (Lipinski definition) is 2. The number of nitrogens with zero attached hydrogens (tertiary/aromatic N) is 2. The number of rotatable bonds is 2. The van der Waals surface area contributed by atoms with E-state index in [-0.39, 0.29) is 5.91 Å². The van der Waals surface area contributed by atoms with Crippen LogP contribution >= 0.6 is 0 Å². The topological polar surface area (TPSA) is 23.6 Å². The molecule has 0 atom stereocenters. The van der Waals surface area contributed by atoms with Gasteiger partial charge in [-0.15, -0.1) is 0 Å². The zero-order valence-corrected chi connectivity index (χ0v) is 13.4. The second-order valence-electron chi connectivity index (χ2n) is 5.85. The molecule has 0 aliphatic carbocycles. The van der Waals surface area contributed by atoms with Crippen molar-refractivity contribution >= 4 is 22.9 Å². The highest BCUT2D eigenvalue weighted by molar-refractivity contribution is 6.35. The fourth-order valence-corrected chi connectivity index (χ4v) is 2.81. The van der Waals surface area contributed by atoms with Gasteiger partial charge in [0.05, 0.1) is 11.3 Å². The van der Waals surface area contributed by atoms with E-state index in [4.69, 9.17) is 0 Å². The lowest BCUT2D eigenvalue weighted by Gasteiger charge is -2.19. The molecule has 0 N–H and O–H groups in total. The molecule has 22 heavy (non-hydrogen) atoms. The molecule has 0 aromatic heterocycles. The Kier molecular flexibility index (Phi) is 3.49. The minimum absolute atomic E-state index is 0.0398. The minimum Gasteiger partial charge on any atom is -0.381 e. The Labute approximate surface area is 131 Å². The number of allylic oxidation sites excluding steroid dienone is 1. The molecule has 3 heteroatoms. The van der Waals surface area contributed by atoms with E-state index < -0.39 is 0 Å². The van der Waals surface area contributed by atoms with Gasteiger partial charge >= 0.3 is 0 Å². The minimum atomic E-state index is 0.0398. The number of benzene rings is 2. The summed E-state index contributed by atoms with van der Waals surface area (Å²) in [6, 6.07) is 16.0. The maximum absolute atomic E-state index is 13.1. The van der Waals surface area contributed by atoms with Gasteiger partial charge in [-0.05, 0) is 37.6 Å². The number of para-hydroxylation sites is 1. The SMILES string of the molecule is C/C(=C1\C(=O)N(c2cccc(C)c2)c2ccccc21)N(C)C. The maximum atomic E-state index is 13.1. The quantitative estimate of drug-likeness (QED) is 0.782. The largest absolute Gasteiger partial charge is 0.381 e. The summed E-state index contributed by atoms with van der Waals surface area (Å²) in [5, 5.41) is 0. The third-order valence-corrected chi connectivity index (χ3v) is 4.12. The number of carbonyl (C=O) groups is 1. The van der Waals surface area contributed by atoms with Crippen LogP contribution in [0.5, 0.6) is 0 Å². The third kappa shape index (κ3) is 2.19. The van der Waals surface area contributed by atoms with Gasteiger partial charge in [-0.1, -0.05) is 30.3 Å². The number of carbonyl (C=O) groups excluding carboxylic acids is 1. The molecule has 0 bridgehead atoms. The Morgan fingerprint density at radius 3 is 2.45 bits per heavy atom. The normalized spacial score (nSPS) is 15.8. The molecule has 0 fully saturated rings. The van der Waals surface area contributed by atoms with Crippen LogP contribution in [0.4, 0.5) is 11.4 Å². The van der Waals surface area contributed by atoms with Crippen LogP contribution < -0.4 is 4.90 Å². The van der Waals surface area contributed by atoms with Gasteiger partial charge in [0.25, 0.3) is 5.91 Å². The standard InChI is InChI=1S/C19H20N2O/c1-13-8-7-9-15(12-13)21-17-11-6-5-10-16(17)18(19(21)22)14(2)20(3)4/h5-12H,1-4H3/b18-14+. The van der Waals surface area contributed by atoms with Crippen molar-refractivity contribution in [2.75, 3.05) is 19.0 Å². The van der Waals surface area contributed by atoms with E-state index in [2.05, 4.69) is 0 Å². The van der Waals surface area contributed by atoms with Crippen molar-refractivity contribution in [2.24, 2.45) is 0 Å². The van der Waals surface area contributed by atoms with Crippen LogP contribution in [0.1, 0.15) is 18.1 Å². The summed E-state index contributed by atoms with van der Waals surface area (Å²) in [7, 11) is 3.93. The van der Waals surface area contributed by atoms with Crippen molar-refractivity contribution in [3.8, 4) is 0 Å². The Morgan fingerprint density at radius 2 is 1.77 bits per heavy atom. The predicted octanol–water partition coefficient (Wildman–Crippen LogP) is 3.97. The van der Waals surface area contributed by atoms with Gasteiger partial charge in [0.1, 0.15) is 0 Å². The Hall–Kier alpha value is -2.55. The lowest BCUT2D eigenvalue weighted by Crippen LogP contribution is -2.22. The van der Waals surface area contributed by atoms with Crippen molar-refractivity contribution < 1.29 is 4.79 Å². The van der Waals surface area contributed by atoms with Crippen molar-refractivity contribution in [2.45, 2.75) is 13.8 Å². The molecule has 2 aromatic rings. The highest BCUT2D eigenvalue weighted by Crippen LogP contribution is 2.42. The molecule has 0 unspecified atom stereocenters. The number of amides is 1. The molecule has 1 amide bonds. The van der Waals surface area contributed by atoms with Crippen LogP contribution in [-0.4, -0.2) is 24.9 Å². The molecular formula is C19H20N2O.